The van der Waals surface area contributed by atoms with Crippen molar-refractivity contribution in [3.8, 4) is 0 Å². The van der Waals surface area contributed by atoms with E-state index in [1.807, 2.05) is 35.2 Å². The molecule has 0 aliphatic heterocycles. The fourth-order valence-electron chi connectivity index (χ4n) is 2.67. The molecule has 1 aliphatic rings. The molecule has 1 fully saturated rings. The number of amides is 2. The zero-order chi connectivity index (χ0) is 19.3. The topological polar surface area (TPSA) is 71.1 Å². The molecule has 1 heterocycles. The SMILES string of the molecule is O=C(Nc1ccc(NC(=O)C2CC2)cc1)c1ccccc1SCc1cscn1. The van der Waals surface area contributed by atoms with Crippen LogP contribution in [-0.2, 0) is 10.5 Å². The van der Waals surface area contributed by atoms with Gasteiger partial charge in [-0.3, -0.25) is 9.59 Å². The normalized spacial score (nSPS) is 13.1. The van der Waals surface area contributed by atoms with Crippen LogP contribution in [0.15, 0.2) is 64.3 Å². The Morgan fingerprint density at radius 1 is 1.04 bits per heavy atom. The molecule has 3 aromatic rings. The van der Waals surface area contributed by atoms with E-state index in [1.165, 1.54) is 0 Å². The zero-order valence-electron chi connectivity index (χ0n) is 15.1. The first-order valence-corrected chi connectivity index (χ1v) is 10.9. The zero-order valence-corrected chi connectivity index (χ0v) is 16.7. The highest BCUT2D eigenvalue weighted by atomic mass is 32.2. The van der Waals surface area contributed by atoms with Crippen molar-refractivity contribution in [3.05, 3.63) is 70.7 Å². The molecule has 142 valence electrons. The molecule has 1 saturated carbocycles. The van der Waals surface area contributed by atoms with Crippen molar-refractivity contribution in [2.45, 2.75) is 23.5 Å². The second kappa shape index (κ2) is 8.58. The summed E-state index contributed by atoms with van der Waals surface area (Å²) in [4.78, 5) is 29.8. The lowest BCUT2D eigenvalue weighted by Gasteiger charge is -2.10. The van der Waals surface area contributed by atoms with E-state index in [1.54, 1.807) is 47.4 Å². The minimum absolute atomic E-state index is 0.0721. The van der Waals surface area contributed by atoms with Crippen LogP contribution in [-0.4, -0.2) is 16.8 Å². The van der Waals surface area contributed by atoms with Crippen LogP contribution in [0.3, 0.4) is 0 Å². The van der Waals surface area contributed by atoms with Crippen molar-refractivity contribution in [1.82, 2.24) is 4.98 Å². The van der Waals surface area contributed by atoms with Gasteiger partial charge in [-0.05, 0) is 49.2 Å². The van der Waals surface area contributed by atoms with E-state index < -0.39 is 0 Å². The first-order chi connectivity index (χ1) is 13.7. The van der Waals surface area contributed by atoms with E-state index in [0.29, 0.717) is 11.3 Å². The molecule has 5 nitrogen and oxygen atoms in total. The highest BCUT2D eigenvalue weighted by molar-refractivity contribution is 7.98. The number of hydrogen-bond acceptors (Lipinski definition) is 5. The van der Waals surface area contributed by atoms with Gasteiger partial charge in [0.2, 0.25) is 5.91 Å². The minimum Gasteiger partial charge on any atom is -0.326 e. The Kier molecular flexibility index (Phi) is 5.73. The van der Waals surface area contributed by atoms with Crippen LogP contribution in [0.2, 0.25) is 0 Å². The molecule has 2 aromatic carbocycles. The first-order valence-electron chi connectivity index (χ1n) is 9.00. The molecule has 1 aliphatic carbocycles. The van der Waals surface area contributed by atoms with Crippen LogP contribution in [0.25, 0.3) is 0 Å². The molecule has 0 saturated heterocycles. The maximum absolute atomic E-state index is 12.7. The summed E-state index contributed by atoms with van der Waals surface area (Å²) in [6, 6.07) is 14.8. The number of nitrogens with one attached hydrogen (secondary N) is 2. The van der Waals surface area contributed by atoms with Gasteiger partial charge in [0, 0.05) is 33.3 Å². The Hall–Kier alpha value is -2.64. The highest BCUT2D eigenvalue weighted by Crippen LogP contribution is 2.30. The predicted molar refractivity (Wildman–Crippen MR) is 114 cm³/mol. The summed E-state index contributed by atoms with van der Waals surface area (Å²) < 4.78 is 0. The number of thiazole rings is 1. The fourth-order valence-corrected chi connectivity index (χ4v) is 4.28. The molecule has 2 amide bonds. The second-order valence-electron chi connectivity index (χ2n) is 6.56. The summed E-state index contributed by atoms with van der Waals surface area (Å²) in [6.45, 7) is 0. The molecular formula is C21H19N3O2S2. The lowest BCUT2D eigenvalue weighted by molar-refractivity contribution is -0.117. The molecule has 2 N–H and O–H groups in total. The monoisotopic (exact) mass is 409 g/mol. The molecule has 28 heavy (non-hydrogen) atoms. The van der Waals surface area contributed by atoms with Gasteiger partial charge in [-0.25, -0.2) is 4.98 Å². The maximum Gasteiger partial charge on any atom is 0.256 e. The van der Waals surface area contributed by atoms with Gasteiger partial charge >= 0.3 is 0 Å². The predicted octanol–water partition coefficient (Wildman–Crippen LogP) is 5.04. The number of aromatic nitrogens is 1. The molecule has 7 heteroatoms. The smallest absolute Gasteiger partial charge is 0.256 e. The molecule has 0 radical (unpaired) electrons. The molecule has 0 bridgehead atoms. The first kappa shape index (κ1) is 18.7. The molecule has 0 spiro atoms. The Bertz CT molecular complexity index is 968. The maximum atomic E-state index is 12.7. The van der Waals surface area contributed by atoms with Gasteiger partial charge in [0.05, 0.1) is 16.8 Å². The summed E-state index contributed by atoms with van der Waals surface area (Å²) in [7, 11) is 0. The van der Waals surface area contributed by atoms with E-state index in [9.17, 15) is 9.59 Å². The van der Waals surface area contributed by atoms with E-state index >= 15 is 0 Å². The van der Waals surface area contributed by atoms with Gasteiger partial charge in [-0.15, -0.1) is 23.1 Å². The van der Waals surface area contributed by atoms with Crippen molar-refractivity contribution in [1.29, 1.82) is 0 Å². The number of anilines is 2. The number of hydrogen-bond donors (Lipinski definition) is 2. The molecule has 1 aromatic heterocycles. The number of rotatable bonds is 7. The van der Waals surface area contributed by atoms with Crippen molar-refractivity contribution in [2.75, 3.05) is 10.6 Å². The van der Waals surface area contributed by atoms with Crippen molar-refractivity contribution in [3.63, 3.8) is 0 Å². The number of thioether (sulfide) groups is 1. The summed E-state index contributed by atoms with van der Waals surface area (Å²) in [5.41, 5.74) is 4.89. The average Bonchev–Trinajstić information content (AvgIpc) is 3.44. The third-order valence-electron chi connectivity index (χ3n) is 4.35. The number of carbonyl (C=O) groups excluding carboxylic acids is 2. The molecule has 4 rings (SSSR count). The fraction of sp³-hybridized carbons (Fsp3) is 0.190. The van der Waals surface area contributed by atoms with Gasteiger partial charge < -0.3 is 10.6 Å². The Morgan fingerprint density at radius 2 is 1.75 bits per heavy atom. The van der Waals surface area contributed by atoms with E-state index in [2.05, 4.69) is 15.6 Å². The summed E-state index contributed by atoms with van der Waals surface area (Å²) >= 11 is 3.16. The van der Waals surface area contributed by atoms with Gasteiger partial charge in [0.25, 0.3) is 5.91 Å². The number of carbonyl (C=O) groups is 2. The summed E-state index contributed by atoms with van der Waals surface area (Å²) in [6.07, 6.45) is 1.94. The molecule has 0 unspecified atom stereocenters. The third-order valence-corrected chi connectivity index (χ3v) is 6.09. The largest absolute Gasteiger partial charge is 0.326 e. The lowest BCUT2D eigenvalue weighted by atomic mass is 10.2. The highest BCUT2D eigenvalue weighted by Gasteiger charge is 2.29. The van der Waals surface area contributed by atoms with E-state index in [4.69, 9.17) is 0 Å². The molecular weight excluding hydrogens is 390 g/mol. The van der Waals surface area contributed by atoms with Gasteiger partial charge in [0.15, 0.2) is 0 Å². The quantitative estimate of drug-likeness (QED) is 0.537. The second-order valence-corrected chi connectivity index (χ2v) is 8.30. The Balaban J connectivity index is 1.39. The van der Waals surface area contributed by atoms with Crippen LogP contribution in [0.4, 0.5) is 11.4 Å². The van der Waals surface area contributed by atoms with Gasteiger partial charge in [-0.2, -0.15) is 0 Å². The number of benzene rings is 2. The lowest BCUT2D eigenvalue weighted by Crippen LogP contribution is -2.14. The summed E-state index contributed by atoms with van der Waals surface area (Å²) in [5, 5.41) is 7.84. The van der Waals surface area contributed by atoms with Crippen LogP contribution in [0, 0.1) is 5.92 Å². The van der Waals surface area contributed by atoms with Gasteiger partial charge in [0.1, 0.15) is 0 Å². The van der Waals surface area contributed by atoms with Gasteiger partial charge in [-0.1, -0.05) is 12.1 Å². The van der Waals surface area contributed by atoms with Crippen LogP contribution >= 0.6 is 23.1 Å². The standard InChI is InChI=1S/C21H19N3O2S2/c25-20(14-5-6-14)23-15-7-9-16(10-8-15)24-21(26)18-3-1-2-4-19(18)28-12-17-11-27-13-22-17/h1-4,7-11,13-14H,5-6,12H2,(H,23,25)(H,24,26). The van der Waals surface area contributed by atoms with Crippen molar-refractivity contribution in [2.24, 2.45) is 5.92 Å². The average molecular weight is 410 g/mol. The minimum atomic E-state index is -0.156. The Labute approximate surface area is 171 Å². The van der Waals surface area contributed by atoms with Crippen LogP contribution in [0.5, 0.6) is 0 Å². The van der Waals surface area contributed by atoms with Crippen LogP contribution < -0.4 is 10.6 Å². The van der Waals surface area contributed by atoms with Crippen molar-refractivity contribution >= 4 is 46.3 Å². The summed E-state index contributed by atoms with van der Waals surface area (Å²) in [5.74, 6) is 0.806. The van der Waals surface area contributed by atoms with Crippen LogP contribution in [0.1, 0.15) is 28.9 Å². The third kappa shape index (κ3) is 4.79. The molecule has 0 atom stereocenters. The van der Waals surface area contributed by atoms with E-state index in [0.717, 1.165) is 34.9 Å². The van der Waals surface area contributed by atoms with Crippen molar-refractivity contribution < 1.29 is 9.59 Å². The van der Waals surface area contributed by atoms with E-state index in [-0.39, 0.29) is 17.7 Å². The Morgan fingerprint density at radius 3 is 2.43 bits per heavy atom. The number of nitrogens with zero attached hydrogens (tertiary/aromatic N) is 1.